The van der Waals surface area contributed by atoms with Crippen LogP contribution in [0.5, 0.6) is 11.5 Å². The lowest BCUT2D eigenvalue weighted by atomic mass is 10.0. The number of carbonyl (C=O) groups is 1. The number of hydrogen-bond acceptors (Lipinski definition) is 7. The molecule has 166 valence electrons. The molecule has 1 aromatic heterocycles. The van der Waals surface area contributed by atoms with Crippen LogP contribution < -0.4 is 9.47 Å². The van der Waals surface area contributed by atoms with Gasteiger partial charge in [0.05, 0.1) is 17.5 Å². The highest BCUT2D eigenvalue weighted by Gasteiger charge is 2.31. The summed E-state index contributed by atoms with van der Waals surface area (Å²) in [5, 5.41) is 12.7. The molecule has 32 heavy (non-hydrogen) atoms. The van der Waals surface area contributed by atoms with Gasteiger partial charge >= 0.3 is 0 Å². The average Bonchev–Trinajstić information content (AvgIpc) is 3.49. The quantitative estimate of drug-likeness (QED) is 0.549. The Morgan fingerprint density at radius 2 is 1.94 bits per heavy atom. The first-order valence-electron chi connectivity index (χ1n) is 10.8. The molecule has 0 aliphatic carbocycles. The molecule has 8 nitrogen and oxygen atoms in total. The Bertz CT molecular complexity index is 1150. The Morgan fingerprint density at radius 1 is 1.09 bits per heavy atom. The molecule has 1 amide bonds. The van der Waals surface area contributed by atoms with E-state index in [1.807, 2.05) is 35.2 Å². The third kappa shape index (κ3) is 4.04. The zero-order chi connectivity index (χ0) is 22.1. The van der Waals surface area contributed by atoms with Crippen molar-refractivity contribution >= 4 is 17.7 Å². The van der Waals surface area contributed by atoms with Crippen LogP contribution in [0.15, 0.2) is 41.6 Å². The molecule has 0 radical (unpaired) electrons. The van der Waals surface area contributed by atoms with Crippen molar-refractivity contribution < 1.29 is 14.3 Å². The second kappa shape index (κ2) is 8.82. The van der Waals surface area contributed by atoms with Gasteiger partial charge in [-0.15, -0.1) is 5.10 Å². The van der Waals surface area contributed by atoms with E-state index < -0.39 is 0 Å². The van der Waals surface area contributed by atoms with E-state index in [2.05, 4.69) is 35.4 Å². The summed E-state index contributed by atoms with van der Waals surface area (Å²) in [4.78, 5) is 15.1. The molecule has 1 unspecified atom stereocenters. The fraction of sp³-hybridized carbons (Fsp3) is 0.391. The van der Waals surface area contributed by atoms with E-state index in [-0.39, 0.29) is 17.7 Å². The van der Waals surface area contributed by atoms with Crippen LogP contribution in [0.4, 0.5) is 0 Å². The van der Waals surface area contributed by atoms with Crippen molar-refractivity contribution in [2.24, 2.45) is 0 Å². The van der Waals surface area contributed by atoms with Gasteiger partial charge in [0.25, 0.3) is 0 Å². The Hall–Kier alpha value is -3.07. The molecule has 5 rings (SSSR count). The first-order valence-corrected chi connectivity index (χ1v) is 11.8. The summed E-state index contributed by atoms with van der Waals surface area (Å²) >= 11 is 1.36. The summed E-state index contributed by atoms with van der Waals surface area (Å²) in [6.07, 6.45) is 1.92. The zero-order valence-electron chi connectivity index (χ0n) is 18.2. The summed E-state index contributed by atoms with van der Waals surface area (Å²) in [5.41, 5.74) is 4.36. The van der Waals surface area contributed by atoms with Crippen molar-refractivity contribution in [1.82, 2.24) is 25.1 Å². The van der Waals surface area contributed by atoms with Gasteiger partial charge < -0.3 is 14.4 Å². The standard InChI is InChI=1S/C23H25N5O3S/c1-15-5-7-18(12-16(15)2)28-23(24-25-26-28)32-14-22(29)27-9-3-4-19(27)17-6-8-20-21(13-17)31-11-10-30-20/h5-8,12-13,19H,3-4,9-11,14H2,1-2H3. The van der Waals surface area contributed by atoms with E-state index in [1.165, 1.54) is 22.9 Å². The average molecular weight is 452 g/mol. The second-order valence-corrected chi connectivity index (χ2v) is 9.02. The smallest absolute Gasteiger partial charge is 0.233 e. The number of thioether (sulfide) groups is 1. The second-order valence-electron chi connectivity index (χ2n) is 8.08. The van der Waals surface area contributed by atoms with Crippen LogP contribution in [-0.4, -0.2) is 56.5 Å². The summed E-state index contributed by atoms with van der Waals surface area (Å²) in [6.45, 7) is 6.00. The maximum atomic E-state index is 13.1. The highest BCUT2D eigenvalue weighted by molar-refractivity contribution is 7.99. The number of hydrogen-bond donors (Lipinski definition) is 0. The molecule has 0 saturated carbocycles. The number of fused-ring (bicyclic) bond motifs is 1. The Labute approximate surface area is 190 Å². The largest absolute Gasteiger partial charge is 0.486 e. The number of aromatic nitrogens is 4. The van der Waals surface area contributed by atoms with Gasteiger partial charge in [0.1, 0.15) is 13.2 Å². The number of benzene rings is 2. The molecule has 3 aromatic rings. The Balaban J connectivity index is 1.28. The number of ether oxygens (including phenoxy) is 2. The molecule has 0 spiro atoms. The van der Waals surface area contributed by atoms with Gasteiger partial charge in [-0.25, -0.2) is 0 Å². The van der Waals surface area contributed by atoms with Crippen LogP contribution in [0.1, 0.15) is 35.6 Å². The molecule has 1 atom stereocenters. The first-order chi connectivity index (χ1) is 15.6. The first kappa shape index (κ1) is 20.8. The molecule has 3 heterocycles. The predicted molar refractivity (Wildman–Crippen MR) is 120 cm³/mol. The van der Waals surface area contributed by atoms with Gasteiger partial charge in [-0.3, -0.25) is 4.79 Å². The molecule has 2 aliphatic heterocycles. The van der Waals surface area contributed by atoms with E-state index >= 15 is 0 Å². The van der Waals surface area contributed by atoms with Crippen molar-refractivity contribution in [3.63, 3.8) is 0 Å². The number of carbonyl (C=O) groups excluding carboxylic acids is 1. The lowest BCUT2D eigenvalue weighted by molar-refractivity contribution is -0.129. The fourth-order valence-corrected chi connectivity index (χ4v) is 4.95. The predicted octanol–water partition coefficient (Wildman–Crippen LogP) is 3.51. The molecule has 0 N–H and O–H groups in total. The van der Waals surface area contributed by atoms with Crippen LogP contribution in [0.2, 0.25) is 0 Å². The van der Waals surface area contributed by atoms with Gasteiger partial charge in [-0.05, 0) is 78.1 Å². The van der Waals surface area contributed by atoms with E-state index in [9.17, 15) is 4.79 Å². The topological polar surface area (TPSA) is 82.4 Å². The lowest BCUT2D eigenvalue weighted by Crippen LogP contribution is -2.32. The number of rotatable bonds is 5. The van der Waals surface area contributed by atoms with Crippen LogP contribution in [0, 0.1) is 13.8 Å². The minimum absolute atomic E-state index is 0.0506. The van der Waals surface area contributed by atoms with Gasteiger partial charge in [0, 0.05) is 6.54 Å². The van der Waals surface area contributed by atoms with Crippen LogP contribution >= 0.6 is 11.8 Å². The Kier molecular flexibility index (Phi) is 5.73. The van der Waals surface area contributed by atoms with Crippen molar-refractivity contribution in [3.05, 3.63) is 53.1 Å². The maximum absolute atomic E-state index is 13.1. The third-order valence-corrected chi connectivity index (χ3v) is 6.93. The minimum Gasteiger partial charge on any atom is -0.486 e. The minimum atomic E-state index is 0.0506. The van der Waals surface area contributed by atoms with E-state index in [0.717, 1.165) is 42.1 Å². The molecule has 2 aromatic carbocycles. The molecule has 1 fully saturated rings. The highest BCUT2D eigenvalue weighted by Crippen LogP contribution is 2.38. The van der Waals surface area contributed by atoms with Gasteiger partial charge in [0.15, 0.2) is 11.5 Å². The summed E-state index contributed by atoms with van der Waals surface area (Å²) in [5.74, 6) is 1.90. The van der Waals surface area contributed by atoms with Gasteiger partial charge in [-0.1, -0.05) is 23.9 Å². The van der Waals surface area contributed by atoms with Crippen LogP contribution in [0.3, 0.4) is 0 Å². The summed E-state index contributed by atoms with van der Waals surface area (Å²) < 4.78 is 13.0. The summed E-state index contributed by atoms with van der Waals surface area (Å²) in [6, 6.07) is 12.1. The van der Waals surface area contributed by atoms with Gasteiger partial charge in [0.2, 0.25) is 11.1 Å². The van der Waals surface area contributed by atoms with Crippen molar-refractivity contribution in [1.29, 1.82) is 0 Å². The lowest BCUT2D eigenvalue weighted by Gasteiger charge is -2.26. The maximum Gasteiger partial charge on any atom is 0.233 e. The van der Waals surface area contributed by atoms with Gasteiger partial charge in [-0.2, -0.15) is 4.68 Å². The molecule has 0 bridgehead atoms. The summed E-state index contributed by atoms with van der Waals surface area (Å²) in [7, 11) is 0. The van der Waals surface area contributed by atoms with E-state index in [4.69, 9.17) is 9.47 Å². The van der Waals surface area contributed by atoms with Crippen molar-refractivity contribution in [3.8, 4) is 17.2 Å². The van der Waals surface area contributed by atoms with Crippen molar-refractivity contribution in [2.75, 3.05) is 25.5 Å². The van der Waals surface area contributed by atoms with E-state index in [1.54, 1.807) is 4.68 Å². The molecular formula is C23H25N5O3S. The molecular weight excluding hydrogens is 426 g/mol. The zero-order valence-corrected chi connectivity index (χ0v) is 19.0. The number of likely N-dealkylation sites (tertiary alicyclic amines) is 1. The van der Waals surface area contributed by atoms with Crippen LogP contribution in [0.25, 0.3) is 5.69 Å². The number of amides is 1. The van der Waals surface area contributed by atoms with E-state index in [0.29, 0.717) is 18.4 Å². The number of nitrogens with zero attached hydrogens (tertiary/aromatic N) is 5. The normalized spacial score (nSPS) is 17.6. The van der Waals surface area contributed by atoms with Crippen LogP contribution in [-0.2, 0) is 4.79 Å². The molecule has 9 heteroatoms. The SMILES string of the molecule is Cc1ccc(-n2nnnc2SCC(=O)N2CCCC2c2ccc3c(c2)OCCO3)cc1C. The monoisotopic (exact) mass is 451 g/mol. The van der Waals surface area contributed by atoms with Crippen molar-refractivity contribution in [2.45, 2.75) is 37.9 Å². The number of aryl methyl sites for hydroxylation is 2. The highest BCUT2D eigenvalue weighted by atomic mass is 32.2. The molecule has 2 aliphatic rings. The molecule has 1 saturated heterocycles. The third-order valence-electron chi connectivity index (χ3n) is 6.02. The number of tetrazole rings is 1. The fourth-order valence-electron chi connectivity index (χ4n) is 4.18. The Morgan fingerprint density at radius 3 is 2.78 bits per heavy atom.